The van der Waals surface area contributed by atoms with Gasteiger partial charge in [0.05, 0.1) is 4.47 Å². The second-order valence-corrected chi connectivity index (χ2v) is 4.46. The highest BCUT2D eigenvalue weighted by Crippen LogP contribution is 2.23. The molecule has 0 saturated carbocycles. The topological polar surface area (TPSA) is 25.8 Å². The van der Waals surface area contributed by atoms with Crippen LogP contribution in [0.3, 0.4) is 0 Å². The molecule has 0 atom stereocenters. The number of hydrogen-bond acceptors (Lipinski definition) is 2. The Balaban J connectivity index is 2.54. The van der Waals surface area contributed by atoms with Crippen LogP contribution in [0.25, 0.3) is 11.4 Å². The average molecular weight is 281 g/mol. The van der Waals surface area contributed by atoms with Gasteiger partial charge in [-0.2, -0.15) is 0 Å². The van der Waals surface area contributed by atoms with Crippen LogP contribution in [0.1, 0.15) is 11.4 Å². The average Bonchev–Trinajstić information content (AvgIpc) is 2.20. The molecule has 2 nitrogen and oxygen atoms in total. The molecule has 0 bridgehead atoms. The van der Waals surface area contributed by atoms with E-state index < -0.39 is 0 Å². The van der Waals surface area contributed by atoms with Crippen LogP contribution in [0.2, 0.25) is 0 Å². The second kappa shape index (κ2) is 4.29. The standard InChI is InChI=1S/C12H10BrFN2/c1-7-5-8(2)16-12(15-7)9-3-4-11(14)10(13)6-9/h3-6H,1-2H3. The molecule has 0 unspecified atom stereocenters. The van der Waals surface area contributed by atoms with Crippen molar-refractivity contribution in [3.63, 3.8) is 0 Å². The third kappa shape index (κ3) is 2.27. The first-order valence-electron chi connectivity index (χ1n) is 4.84. The Morgan fingerprint density at radius 3 is 2.25 bits per heavy atom. The molecule has 0 aliphatic carbocycles. The van der Waals surface area contributed by atoms with Crippen molar-refractivity contribution < 1.29 is 4.39 Å². The van der Waals surface area contributed by atoms with Crippen LogP contribution in [0.15, 0.2) is 28.7 Å². The Bertz CT molecular complexity index is 520. The Kier molecular flexibility index (Phi) is 3.01. The fraction of sp³-hybridized carbons (Fsp3) is 0.167. The van der Waals surface area contributed by atoms with Crippen LogP contribution >= 0.6 is 15.9 Å². The van der Waals surface area contributed by atoms with Gasteiger partial charge < -0.3 is 0 Å². The Morgan fingerprint density at radius 2 is 1.69 bits per heavy atom. The summed E-state index contributed by atoms with van der Waals surface area (Å²) in [6.45, 7) is 3.83. The fourth-order valence-corrected chi connectivity index (χ4v) is 1.87. The number of aryl methyl sites for hydroxylation is 2. The monoisotopic (exact) mass is 280 g/mol. The van der Waals surface area contributed by atoms with Gasteiger partial charge in [-0.05, 0) is 54.0 Å². The third-order valence-electron chi connectivity index (χ3n) is 2.16. The minimum Gasteiger partial charge on any atom is -0.233 e. The molecule has 0 aliphatic rings. The van der Waals surface area contributed by atoms with E-state index in [1.807, 2.05) is 19.9 Å². The number of aromatic nitrogens is 2. The van der Waals surface area contributed by atoms with E-state index in [4.69, 9.17) is 0 Å². The van der Waals surface area contributed by atoms with Gasteiger partial charge >= 0.3 is 0 Å². The zero-order chi connectivity index (χ0) is 11.7. The number of rotatable bonds is 1. The van der Waals surface area contributed by atoms with E-state index in [2.05, 4.69) is 25.9 Å². The van der Waals surface area contributed by atoms with Gasteiger partial charge in [0.1, 0.15) is 5.82 Å². The number of benzene rings is 1. The SMILES string of the molecule is Cc1cc(C)nc(-c2ccc(F)c(Br)c2)n1. The Labute approximate surface area is 102 Å². The molecular weight excluding hydrogens is 271 g/mol. The molecule has 1 aromatic heterocycles. The van der Waals surface area contributed by atoms with Crippen LogP contribution in [-0.4, -0.2) is 9.97 Å². The third-order valence-corrected chi connectivity index (χ3v) is 2.77. The maximum atomic E-state index is 13.1. The summed E-state index contributed by atoms with van der Waals surface area (Å²) in [6.07, 6.45) is 0. The van der Waals surface area contributed by atoms with Crippen LogP contribution < -0.4 is 0 Å². The molecule has 0 saturated heterocycles. The first kappa shape index (κ1) is 11.2. The predicted octanol–water partition coefficient (Wildman–Crippen LogP) is 3.66. The molecule has 0 spiro atoms. The summed E-state index contributed by atoms with van der Waals surface area (Å²) in [4.78, 5) is 8.64. The lowest BCUT2D eigenvalue weighted by Gasteiger charge is -2.04. The Hall–Kier alpha value is -1.29. The largest absolute Gasteiger partial charge is 0.233 e. The van der Waals surface area contributed by atoms with E-state index in [0.29, 0.717) is 10.3 Å². The highest BCUT2D eigenvalue weighted by atomic mass is 79.9. The maximum absolute atomic E-state index is 13.1. The molecule has 1 aromatic carbocycles. The maximum Gasteiger partial charge on any atom is 0.159 e. The second-order valence-electron chi connectivity index (χ2n) is 3.60. The molecule has 82 valence electrons. The summed E-state index contributed by atoms with van der Waals surface area (Å²) >= 11 is 3.15. The number of nitrogens with zero attached hydrogens (tertiary/aromatic N) is 2. The van der Waals surface area contributed by atoms with Gasteiger partial charge in [0, 0.05) is 17.0 Å². The normalized spacial score (nSPS) is 10.5. The van der Waals surface area contributed by atoms with Crippen LogP contribution in [-0.2, 0) is 0 Å². The van der Waals surface area contributed by atoms with E-state index in [0.717, 1.165) is 17.0 Å². The molecule has 2 aromatic rings. The van der Waals surface area contributed by atoms with Gasteiger partial charge in [-0.1, -0.05) is 0 Å². The van der Waals surface area contributed by atoms with Gasteiger partial charge in [0.15, 0.2) is 5.82 Å². The zero-order valence-electron chi connectivity index (χ0n) is 8.96. The lowest BCUT2D eigenvalue weighted by Crippen LogP contribution is -1.94. The minimum absolute atomic E-state index is 0.284. The van der Waals surface area contributed by atoms with E-state index in [1.54, 1.807) is 12.1 Å². The van der Waals surface area contributed by atoms with Crippen LogP contribution in [0, 0.1) is 19.7 Å². The van der Waals surface area contributed by atoms with Gasteiger partial charge in [-0.25, -0.2) is 14.4 Å². The Morgan fingerprint density at radius 1 is 1.06 bits per heavy atom. The summed E-state index contributed by atoms with van der Waals surface area (Å²) in [5.74, 6) is 0.339. The molecule has 0 radical (unpaired) electrons. The molecule has 2 rings (SSSR count). The van der Waals surface area contributed by atoms with Gasteiger partial charge in [0.2, 0.25) is 0 Å². The summed E-state index contributed by atoms with van der Waals surface area (Å²) in [5, 5.41) is 0. The van der Waals surface area contributed by atoms with Crippen molar-refractivity contribution >= 4 is 15.9 Å². The lowest BCUT2D eigenvalue weighted by atomic mass is 10.2. The summed E-state index contributed by atoms with van der Waals surface area (Å²) in [7, 11) is 0. The van der Waals surface area contributed by atoms with Gasteiger partial charge in [-0.3, -0.25) is 0 Å². The highest BCUT2D eigenvalue weighted by Gasteiger charge is 2.06. The van der Waals surface area contributed by atoms with Gasteiger partial charge in [-0.15, -0.1) is 0 Å². The molecule has 16 heavy (non-hydrogen) atoms. The summed E-state index contributed by atoms with van der Waals surface area (Å²) in [6, 6.07) is 6.67. The van der Waals surface area contributed by atoms with Crippen molar-refractivity contribution in [1.82, 2.24) is 9.97 Å². The quantitative estimate of drug-likeness (QED) is 0.797. The van der Waals surface area contributed by atoms with E-state index >= 15 is 0 Å². The van der Waals surface area contributed by atoms with Crippen molar-refractivity contribution in [3.8, 4) is 11.4 Å². The van der Waals surface area contributed by atoms with Crippen LogP contribution in [0.4, 0.5) is 4.39 Å². The number of hydrogen-bond donors (Lipinski definition) is 0. The van der Waals surface area contributed by atoms with Crippen molar-refractivity contribution in [2.45, 2.75) is 13.8 Å². The highest BCUT2D eigenvalue weighted by molar-refractivity contribution is 9.10. The summed E-state index contributed by atoms with van der Waals surface area (Å²) in [5.41, 5.74) is 2.62. The first-order valence-corrected chi connectivity index (χ1v) is 5.63. The molecular formula is C12H10BrFN2. The lowest BCUT2D eigenvalue weighted by molar-refractivity contribution is 0.621. The van der Waals surface area contributed by atoms with E-state index in [9.17, 15) is 4.39 Å². The van der Waals surface area contributed by atoms with Crippen molar-refractivity contribution in [2.75, 3.05) is 0 Å². The van der Waals surface area contributed by atoms with Crippen LogP contribution in [0.5, 0.6) is 0 Å². The molecule has 0 amide bonds. The first-order chi connectivity index (χ1) is 7.56. The summed E-state index contributed by atoms with van der Waals surface area (Å²) < 4.78 is 13.5. The molecule has 0 aliphatic heterocycles. The van der Waals surface area contributed by atoms with Crippen molar-refractivity contribution in [3.05, 3.63) is 45.9 Å². The smallest absolute Gasteiger partial charge is 0.159 e. The zero-order valence-corrected chi connectivity index (χ0v) is 10.5. The minimum atomic E-state index is -0.284. The van der Waals surface area contributed by atoms with E-state index in [-0.39, 0.29) is 5.82 Å². The van der Waals surface area contributed by atoms with Gasteiger partial charge in [0.25, 0.3) is 0 Å². The molecule has 0 N–H and O–H groups in total. The molecule has 1 heterocycles. The number of halogens is 2. The molecule has 4 heteroatoms. The molecule has 0 fully saturated rings. The van der Waals surface area contributed by atoms with Crippen molar-refractivity contribution in [1.29, 1.82) is 0 Å². The predicted molar refractivity (Wildman–Crippen MR) is 64.6 cm³/mol. The fourth-order valence-electron chi connectivity index (χ4n) is 1.49. The van der Waals surface area contributed by atoms with Crippen molar-refractivity contribution in [2.24, 2.45) is 0 Å². The van der Waals surface area contributed by atoms with E-state index in [1.165, 1.54) is 6.07 Å².